The van der Waals surface area contributed by atoms with E-state index < -0.39 is 0 Å². The summed E-state index contributed by atoms with van der Waals surface area (Å²) in [5.41, 5.74) is 1.52. The van der Waals surface area contributed by atoms with Crippen molar-refractivity contribution >= 4 is 23.3 Å². The first-order valence-electron chi connectivity index (χ1n) is 5.73. The number of carbonyl (C=O) groups is 1. The van der Waals surface area contributed by atoms with Gasteiger partial charge in [0.1, 0.15) is 18.1 Å². The molecular formula is C11H13N5O. The van der Waals surface area contributed by atoms with E-state index in [4.69, 9.17) is 0 Å². The molecule has 0 aliphatic carbocycles. The number of aldehydes is 1. The third kappa shape index (κ3) is 1.75. The molecule has 6 heteroatoms. The van der Waals surface area contributed by atoms with Crippen molar-refractivity contribution in [1.82, 2.24) is 19.9 Å². The minimum absolute atomic E-state index is 0.108. The Labute approximate surface area is 98.1 Å². The Kier molecular flexibility index (Phi) is 2.47. The van der Waals surface area contributed by atoms with Gasteiger partial charge in [-0.2, -0.15) is 0 Å². The number of nitrogens with zero attached hydrogens (tertiary/aromatic N) is 4. The summed E-state index contributed by atoms with van der Waals surface area (Å²) in [6.07, 6.45) is 6.16. The number of hydrogen-bond acceptors (Lipinski definition) is 5. The molecule has 2 aromatic rings. The van der Waals surface area contributed by atoms with Crippen LogP contribution in [0.25, 0.3) is 11.2 Å². The van der Waals surface area contributed by atoms with Crippen LogP contribution >= 0.6 is 0 Å². The van der Waals surface area contributed by atoms with Crippen molar-refractivity contribution in [3.8, 4) is 0 Å². The lowest BCUT2D eigenvalue weighted by molar-refractivity contribution is -0.111. The van der Waals surface area contributed by atoms with Gasteiger partial charge in [0, 0.05) is 19.0 Å². The maximum absolute atomic E-state index is 10.9. The van der Waals surface area contributed by atoms with Gasteiger partial charge < -0.3 is 14.7 Å². The summed E-state index contributed by atoms with van der Waals surface area (Å²) in [7, 11) is 0. The molecule has 1 aliphatic heterocycles. The van der Waals surface area contributed by atoms with Gasteiger partial charge >= 0.3 is 0 Å². The molecule has 88 valence electrons. The Morgan fingerprint density at radius 1 is 1.41 bits per heavy atom. The van der Waals surface area contributed by atoms with Crippen LogP contribution < -0.4 is 4.90 Å². The largest absolute Gasteiger partial charge is 0.354 e. The van der Waals surface area contributed by atoms with E-state index >= 15 is 0 Å². The van der Waals surface area contributed by atoms with Crippen molar-refractivity contribution in [2.45, 2.75) is 12.8 Å². The Morgan fingerprint density at radius 3 is 3.24 bits per heavy atom. The molecule has 1 unspecified atom stereocenters. The zero-order valence-electron chi connectivity index (χ0n) is 9.33. The van der Waals surface area contributed by atoms with Crippen LogP contribution in [0.3, 0.4) is 0 Å². The molecule has 3 rings (SSSR count). The van der Waals surface area contributed by atoms with Gasteiger partial charge in [-0.25, -0.2) is 15.0 Å². The van der Waals surface area contributed by atoms with E-state index in [9.17, 15) is 4.79 Å². The Morgan fingerprint density at radius 2 is 2.35 bits per heavy atom. The number of piperidine rings is 1. The van der Waals surface area contributed by atoms with E-state index in [0.717, 1.165) is 43.6 Å². The number of anilines is 1. The van der Waals surface area contributed by atoms with Gasteiger partial charge in [-0.3, -0.25) is 0 Å². The monoisotopic (exact) mass is 231 g/mol. The van der Waals surface area contributed by atoms with E-state index in [0.29, 0.717) is 5.65 Å². The highest BCUT2D eigenvalue weighted by Gasteiger charge is 2.22. The summed E-state index contributed by atoms with van der Waals surface area (Å²) in [6, 6.07) is 0. The maximum Gasteiger partial charge on any atom is 0.182 e. The van der Waals surface area contributed by atoms with Crippen molar-refractivity contribution in [3.05, 3.63) is 12.7 Å². The topological polar surface area (TPSA) is 74.8 Å². The fourth-order valence-electron chi connectivity index (χ4n) is 2.31. The number of imidazole rings is 1. The SMILES string of the molecule is O=CC1CCCN(c2ncnc3nc[nH]c23)C1. The summed E-state index contributed by atoms with van der Waals surface area (Å²) in [4.78, 5) is 28.5. The molecule has 3 heterocycles. The van der Waals surface area contributed by atoms with E-state index in [-0.39, 0.29) is 5.92 Å². The number of nitrogens with one attached hydrogen (secondary N) is 1. The van der Waals surface area contributed by atoms with Gasteiger partial charge in [0.25, 0.3) is 0 Å². The predicted molar refractivity (Wildman–Crippen MR) is 62.7 cm³/mol. The van der Waals surface area contributed by atoms with Crippen LogP contribution in [-0.2, 0) is 4.79 Å². The summed E-state index contributed by atoms with van der Waals surface area (Å²) in [5, 5.41) is 0. The number of hydrogen-bond donors (Lipinski definition) is 1. The van der Waals surface area contributed by atoms with Crippen LogP contribution in [0.15, 0.2) is 12.7 Å². The molecule has 6 nitrogen and oxygen atoms in total. The Hall–Kier alpha value is -1.98. The highest BCUT2D eigenvalue weighted by Crippen LogP contribution is 2.24. The summed E-state index contributed by atoms with van der Waals surface area (Å²) < 4.78 is 0. The number of aromatic nitrogens is 4. The molecule has 1 fully saturated rings. The van der Waals surface area contributed by atoms with Crippen LogP contribution in [0.4, 0.5) is 5.82 Å². The fraction of sp³-hybridized carbons (Fsp3) is 0.455. The molecule has 0 radical (unpaired) electrons. The molecule has 0 amide bonds. The Bertz CT molecular complexity index is 537. The second kappa shape index (κ2) is 4.12. The third-order valence-corrected chi connectivity index (χ3v) is 3.15. The lowest BCUT2D eigenvalue weighted by Crippen LogP contribution is -2.36. The van der Waals surface area contributed by atoms with Gasteiger partial charge in [0.15, 0.2) is 11.5 Å². The Balaban J connectivity index is 1.97. The highest BCUT2D eigenvalue weighted by molar-refractivity contribution is 5.82. The van der Waals surface area contributed by atoms with Gasteiger partial charge in [0.2, 0.25) is 0 Å². The molecule has 1 saturated heterocycles. The quantitative estimate of drug-likeness (QED) is 0.772. The number of carbonyl (C=O) groups excluding carboxylic acids is 1. The molecule has 0 bridgehead atoms. The maximum atomic E-state index is 10.9. The summed E-state index contributed by atoms with van der Waals surface area (Å²) in [5.74, 6) is 0.954. The molecule has 0 aromatic carbocycles. The molecule has 1 atom stereocenters. The minimum Gasteiger partial charge on any atom is -0.354 e. The van der Waals surface area contributed by atoms with Crippen LogP contribution in [-0.4, -0.2) is 39.3 Å². The molecular weight excluding hydrogens is 218 g/mol. The van der Waals surface area contributed by atoms with Crippen molar-refractivity contribution in [1.29, 1.82) is 0 Å². The molecule has 0 spiro atoms. The first-order valence-corrected chi connectivity index (χ1v) is 5.73. The number of H-pyrrole nitrogens is 1. The van der Waals surface area contributed by atoms with E-state index in [1.807, 2.05) is 0 Å². The number of aromatic amines is 1. The van der Waals surface area contributed by atoms with Crippen LogP contribution in [0, 0.1) is 5.92 Å². The van der Waals surface area contributed by atoms with Crippen LogP contribution in [0.2, 0.25) is 0 Å². The second-order valence-corrected chi connectivity index (χ2v) is 4.28. The zero-order valence-corrected chi connectivity index (χ0v) is 9.33. The highest BCUT2D eigenvalue weighted by atomic mass is 16.1. The smallest absolute Gasteiger partial charge is 0.182 e. The molecule has 17 heavy (non-hydrogen) atoms. The van der Waals surface area contributed by atoms with Crippen molar-refractivity contribution < 1.29 is 4.79 Å². The molecule has 1 N–H and O–H groups in total. The molecule has 0 saturated carbocycles. The van der Waals surface area contributed by atoms with Gasteiger partial charge in [0.05, 0.1) is 6.33 Å². The van der Waals surface area contributed by atoms with Crippen LogP contribution in [0.1, 0.15) is 12.8 Å². The predicted octanol–water partition coefficient (Wildman–Crippen LogP) is 0.768. The third-order valence-electron chi connectivity index (χ3n) is 3.15. The van der Waals surface area contributed by atoms with E-state index in [1.165, 1.54) is 6.33 Å². The standard InChI is InChI=1S/C11H13N5O/c17-5-8-2-1-3-16(4-8)11-9-10(13-6-12-9)14-7-15-11/h5-8H,1-4H2,(H,12,13,14,15). The zero-order chi connectivity index (χ0) is 11.7. The minimum atomic E-state index is 0.108. The summed E-state index contributed by atoms with van der Waals surface area (Å²) >= 11 is 0. The molecule has 2 aromatic heterocycles. The first-order chi connectivity index (χ1) is 8.38. The van der Waals surface area contributed by atoms with Crippen molar-refractivity contribution in [2.75, 3.05) is 18.0 Å². The van der Waals surface area contributed by atoms with Crippen molar-refractivity contribution in [2.24, 2.45) is 5.92 Å². The molecule has 1 aliphatic rings. The van der Waals surface area contributed by atoms with Gasteiger partial charge in [-0.15, -0.1) is 0 Å². The second-order valence-electron chi connectivity index (χ2n) is 4.28. The van der Waals surface area contributed by atoms with Gasteiger partial charge in [-0.1, -0.05) is 0 Å². The lowest BCUT2D eigenvalue weighted by atomic mass is 10.00. The average Bonchev–Trinajstić information content (AvgIpc) is 2.87. The average molecular weight is 231 g/mol. The van der Waals surface area contributed by atoms with E-state index in [2.05, 4.69) is 24.8 Å². The van der Waals surface area contributed by atoms with Crippen molar-refractivity contribution in [3.63, 3.8) is 0 Å². The van der Waals surface area contributed by atoms with E-state index in [1.54, 1.807) is 6.33 Å². The number of rotatable bonds is 2. The van der Waals surface area contributed by atoms with Crippen LogP contribution in [0.5, 0.6) is 0 Å². The first kappa shape index (κ1) is 10.2. The van der Waals surface area contributed by atoms with Gasteiger partial charge in [-0.05, 0) is 12.8 Å². The normalized spacial score (nSPS) is 20.7. The fourth-order valence-corrected chi connectivity index (χ4v) is 2.31. The lowest BCUT2D eigenvalue weighted by Gasteiger charge is -2.31. The summed E-state index contributed by atoms with van der Waals surface area (Å²) in [6.45, 7) is 1.66. The number of fused-ring (bicyclic) bond motifs is 1.